The molecule has 128 valence electrons. The van der Waals surface area contributed by atoms with E-state index < -0.39 is 11.7 Å². The first-order valence-electron chi connectivity index (χ1n) is 7.60. The van der Waals surface area contributed by atoms with Crippen LogP contribution in [0.25, 0.3) is 5.69 Å². The van der Waals surface area contributed by atoms with Gasteiger partial charge in [0.15, 0.2) is 0 Å². The summed E-state index contributed by atoms with van der Waals surface area (Å²) in [6, 6.07) is 9.38. The predicted molar refractivity (Wildman–Crippen MR) is 92.6 cm³/mol. The lowest BCUT2D eigenvalue weighted by atomic mass is 10.2. The van der Waals surface area contributed by atoms with E-state index >= 15 is 0 Å². The van der Waals surface area contributed by atoms with Gasteiger partial charge in [0.1, 0.15) is 22.5 Å². The Kier molecular flexibility index (Phi) is 4.76. The fourth-order valence-electron chi connectivity index (χ4n) is 2.23. The number of carbonyl (C=O) groups is 1. The maximum atomic E-state index is 14.1. The average Bonchev–Trinajstić information content (AvgIpc) is 3.03. The van der Waals surface area contributed by atoms with Crippen LogP contribution >= 0.6 is 11.6 Å². The van der Waals surface area contributed by atoms with Gasteiger partial charge in [0.2, 0.25) is 5.82 Å². The molecule has 0 radical (unpaired) electrons. The topological polar surface area (TPSA) is 72.7 Å². The van der Waals surface area contributed by atoms with Gasteiger partial charge in [-0.1, -0.05) is 37.6 Å². The second-order valence-corrected chi connectivity index (χ2v) is 6.02. The third kappa shape index (κ3) is 3.66. The van der Waals surface area contributed by atoms with E-state index in [2.05, 4.69) is 20.4 Å². The maximum Gasteiger partial charge on any atom is 0.295 e. The molecule has 0 bridgehead atoms. The number of pyridine rings is 1. The Morgan fingerprint density at radius 2 is 2.00 bits per heavy atom. The highest BCUT2D eigenvalue weighted by Gasteiger charge is 2.21. The molecule has 0 fully saturated rings. The van der Waals surface area contributed by atoms with E-state index in [1.807, 2.05) is 13.8 Å². The molecule has 3 aromatic rings. The number of amides is 1. The van der Waals surface area contributed by atoms with Crippen molar-refractivity contribution >= 4 is 23.2 Å². The number of benzene rings is 1. The molecule has 2 heterocycles. The fraction of sp³-hybridized carbons (Fsp3) is 0.176. The second kappa shape index (κ2) is 6.98. The average molecular weight is 360 g/mol. The molecule has 2 aromatic heterocycles. The number of anilines is 1. The number of aromatic nitrogens is 4. The lowest BCUT2D eigenvalue weighted by molar-refractivity contribution is 0.101. The Labute approximate surface area is 148 Å². The van der Waals surface area contributed by atoms with E-state index in [-0.39, 0.29) is 17.4 Å². The molecule has 0 aliphatic rings. The summed E-state index contributed by atoms with van der Waals surface area (Å²) in [5.41, 5.74) is 0.702. The van der Waals surface area contributed by atoms with Crippen LogP contribution in [0.2, 0.25) is 5.15 Å². The molecule has 0 saturated carbocycles. The lowest BCUT2D eigenvalue weighted by Crippen LogP contribution is -2.14. The van der Waals surface area contributed by atoms with Gasteiger partial charge in [-0.3, -0.25) is 4.79 Å². The molecule has 1 N–H and O–H groups in total. The summed E-state index contributed by atoms with van der Waals surface area (Å²) < 4.78 is 15.5. The Bertz CT molecular complexity index is 908. The van der Waals surface area contributed by atoms with Crippen LogP contribution in [0, 0.1) is 5.82 Å². The van der Waals surface area contributed by atoms with Gasteiger partial charge < -0.3 is 5.32 Å². The molecule has 0 atom stereocenters. The first-order chi connectivity index (χ1) is 12.0. The minimum Gasteiger partial charge on any atom is -0.318 e. The summed E-state index contributed by atoms with van der Waals surface area (Å²) in [6.07, 6.45) is 1.43. The van der Waals surface area contributed by atoms with Crippen LogP contribution in [-0.2, 0) is 0 Å². The highest BCUT2D eigenvalue weighted by atomic mass is 35.5. The van der Waals surface area contributed by atoms with Crippen molar-refractivity contribution in [3.8, 4) is 5.69 Å². The van der Waals surface area contributed by atoms with Gasteiger partial charge in [0.05, 0.1) is 11.9 Å². The summed E-state index contributed by atoms with van der Waals surface area (Å²) in [5.74, 6) is -0.568. The van der Waals surface area contributed by atoms with Gasteiger partial charge >= 0.3 is 0 Å². The minimum absolute atomic E-state index is 0.0501. The number of para-hydroxylation sites is 1. The summed E-state index contributed by atoms with van der Waals surface area (Å²) in [7, 11) is 0. The molecule has 25 heavy (non-hydrogen) atoms. The molecule has 0 aliphatic heterocycles. The third-order valence-corrected chi connectivity index (χ3v) is 3.64. The molecular formula is C17H15ClFN5O. The highest BCUT2D eigenvalue weighted by Crippen LogP contribution is 2.20. The third-order valence-electron chi connectivity index (χ3n) is 3.42. The van der Waals surface area contributed by atoms with E-state index in [1.54, 1.807) is 30.3 Å². The first kappa shape index (κ1) is 17.0. The van der Waals surface area contributed by atoms with Crippen LogP contribution in [-0.4, -0.2) is 25.7 Å². The normalized spacial score (nSPS) is 10.9. The smallest absolute Gasteiger partial charge is 0.295 e. The highest BCUT2D eigenvalue weighted by molar-refractivity contribution is 6.29. The first-order valence-corrected chi connectivity index (χ1v) is 7.98. The number of nitrogens with zero attached hydrogens (tertiary/aromatic N) is 4. The SMILES string of the molecule is CC(C)c1nc(C(=O)Nc2ccc(Cl)nc2)nn1-c1ccccc1F. The predicted octanol–water partition coefficient (Wildman–Crippen LogP) is 3.83. The van der Waals surface area contributed by atoms with Gasteiger partial charge in [-0.2, -0.15) is 0 Å². The van der Waals surface area contributed by atoms with Crippen LogP contribution in [0.15, 0.2) is 42.6 Å². The summed E-state index contributed by atoms with van der Waals surface area (Å²) in [4.78, 5) is 20.6. The number of carbonyl (C=O) groups excluding carboxylic acids is 1. The summed E-state index contributed by atoms with van der Waals surface area (Å²) in [6.45, 7) is 3.79. The number of halogens is 2. The molecular weight excluding hydrogens is 345 g/mol. The Morgan fingerprint density at radius 1 is 1.24 bits per heavy atom. The second-order valence-electron chi connectivity index (χ2n) is 5.64. The van der Waals surface area contributed by atoms with Crippen molar-refractivity contribution < 1.29 is 9.18 Å². The number of hydrogen-bond donors (Lipinski definition) is 1. The summed E-state index contributed by atoms with van der Waals surface area (Å²) in [5, 5.41) is 7.14. The van der Waals surface area contributed by atoms with Gasteiger partial charge in [0.25, 0.3) is 5.91 Å². The van der Waals surface area contributed by atoms with Crippen molar-refractivity contribution in [2.75, 3.05) is 5.32 Å². The Morgan fingerprint density at radius 3 is 2.64 bits per heavy atom. The molecule has 0 aliphatic carbocycles. The standard InChI is InChI=1S/C17H15ClFN5O/c1-10(2)16-22-15(17(25)21-11-7-8-14(18)20-9-11)23-24(16)13-6-4-3-5-12(13)19/h3-10H,1-2H3,(H,21,25). The zero-order valence-electron chi connectivity index (χ0n) is 13.6. The van der Waals surface area contributed by atoms with Crippen molar-refractivity contribution in [2.24, 2.45) is 0 Å². The molecule has 0 spiro atoms. The molecule has 8 heteroatoms. The van der Waals surface area contributed by atoms with Crippen molar-refractivity contribution in [2.45, 2.75) is 19.8 Å². The Balaban J connectivity index is 1.95. The molecule has 0 saturated heterocycles. The molecule has 0 unspecified atom stereocenters. The van der Waals surface area contributed by atoms with E-state index in [0.717, 1.165) is 0 Å². The van der Waals surface area contributed by atoms with Crippen LogP contribution in [0.3, 0.4) is 0 Å². The Hall–Kier alpha value is -2.80. The number of nitrogens with one attached hydrogen (secondary N) is 1. The van der Waals surface area contributed by atoms with Gasteiger partial charge in [-0.15, -0.1) is 5.10 Å². The van der Waals surface area contributed by atoms with E-state index in [4.69, 9.17) is 11.6 Å². The van der Waals surface area contributed by atoms with Gasteiger partial charge in [0, 0.05) is 5.92 Å². The molecule has 3 rings (SSSR count). The quantitative estimate of drug-likeness (QED) is 0.718. The van der Waals surface area contributed by atoms with E-state index in [1.165, 1.54) is 16.9 Å². The van der Waals surface area contributed by atoms with Gasteiger partial charge in [-0.25, -0.2) is 19.0 Å². The zero-order valence-corrected chi connectivity index (χ0v) is 14.3. The minimum atomic E-state index is -0.513. The van der Waals surface area contributed by atoms with E-state index in [9.17, 15) is 9.18 Å². The largest absolute Gasteiger partial charge is 0.318 e. The molecule has 1 aromatic carbocycles. The van der Waals surface area contributed by atoms with Gasteiger partial charge in [-0.05, 0) is 24.3 Å². The maximum absolute atomic E-state index is 14.1. The number of hydrogen-bond acceptors (Lipinski definition) is 4. The van der Waals surface area contributed by atoms with Crippen LogP contribution < -0.4 is 5.32 Å². The monoisotopic (exact) mass is 359 g/mol. The fourth-order valence-corrected chi connectivity index (χ4v) is 2.34. The lowest BCUT2D eigenvalue weighted by Gasteiger charge is -2.08. The van der Waals surface area contributed by atoms with Crippen molar-refractivity contribution in [1.82, 2.24) is 19.7 Å². The molecule has 6 nitrogen and oxygen atoms in total. The number of rotatable bonds is 4. The van der Waals surface area contributed by atoms with Crippen LogP contribution in [0.1, 0.15) is 36.2 Å². The summed E-state index contributed by atoms with van der Waals surface area (Å²) >= 11 is 5.72. The van der Waals surface area contributed by atoms with Crippen molar-refractivity contribution in [3.05, 3.63) is 65.2 Å². The molecule has 1 amide bonds. The zero-order chi connectivity index (χ0) is 18.0. The van der Waals surface area contributed by atoms with Crippen molar-refractivity contribution in [1.29, 1.82) is 0 Å². The van der Waals surface area contributed by atoms with Crippen LogP contribution in [0.4, 0.5) is 10.1 Å². The van der Waals surface area contributed by atoms with Crippen LogP contribution in [0.5, 0.6) is 0 Å². The van der Waals surface area contributed by atoms with Crippen molar-refractivity contribution in [3.63, 3.8) is 0 Å². The van der Waals surface area contributed by atoms with E-state index in [0.29, 0.717) is 16.7 Å².